The van der Waals surface area contributed by atoms with Gasteiger partial charge in [-0.25, -0.2) is 0 Å². The first-order valence-corrected chi connectivity index (χ1v) is 7.28. The van der Waals surface area contributed by atoms with Gasteiger partial charge in [0.1, 0.15) is 17.1 Å². The third-order valence-corrected chi connectivity index (χ3v) is 3.77. The highest BCUT2D eigenvalue weighted by molar-refractivity contribution is 5.98. The smallest absolute Gasteiger partial charge is 0.307 e. The molecular formula is C17H14N2O6. The van der Waals surface area contributed by atoms with Gasteiger partial charge in [0.15, 0.2) is 0 Å². The fourth-order valence-electron chi connectivity index (χ4n) is 2.74. The van der Waals surface area contributed by atoms with Crippen molar-refractivity contribution in [2.75, 3.05) is 0 Å². The number of nitrogens with one attached hydrogen (secondary N) is 1. The fraction of sp³-hybridized carbons (Fsp3) is 0.118. The molecule has 25 heavy (non-hydrogen) atoms. The highest BCUT2D eigenvalue weighted by Crippen LogP contribution is 2.34. The number of fused-ring (bicyclic) bond motifs is 1. The molecule has 5 N–H and O–H groups in total. The van der Waals surface area contributed by atoms with Gasteiger partial charge in [0, 0.05) is 22.9 Å². The van der Waals surface area contributed by atoms with E-state index < -0.39 is 23.9 Å². The molecule has 2 heterocycles. The van der Waals surface area contributed by atoms with E-state index in [1.165, 1.54) is 18.2 Å². The van der Waals surface area contributed by atoms with Crippen molar-refractivity contribution < 1.29 is 24.2 Å². The second kappa shape index (κ2) is 5.82. The molecule has 0 radical (unpaired) electrons. The van der Waals surface area contributed by atoms with Crippen molar-refractivity contribution in [3.8, 4) is 17.1 Å². The maximum Gasteiger partial charge on any atom is 0.307 e. The Balaban J connectivity index is 2.34. The quantitative estimate of drug-likeness (QED) is 0.565. The number of nitrogens with two attached hydrogens (primary N) is 1. The summed E-state index contributed by atoms with van der Waals surface area (Å²) < 4.78 is 5.71. The van der Waals surface area contributed by atoms with Crippen LogP contribution in [0.4, 0.5) is 0 Å². The number of aromatic hydroxyl groups is 1. The van der Waals surface area contributed by atoms with Crippen LogP contribution in [0.2, 0.25) is 0 Å². The van der Waals surface area contributed by atoms with Gasteiger partial charge >= 0.3 is 5.97 Å². The molecule has 0 bridgehead atoms. The van der Waals surface area contributed by atoms with E-state index in [0.717, 1.165) is 0 Å². The van der Waals surface area contributed by atoms with Crippen LogP contribution in [0.25, 0.3) is 22.3 Å². The number of carbonyl (C=O) groups is 2. The first-order chi connectivity index (χ1) is 11.8. The van der Waals surface area contributed by atoms with Gasteiger partial charge in [0.25, 0.3) is 11.5 Å². The van der Waals surface area contributed by atoms with Gasteiger partial charge in [-0.2, -0.15) is 0 Å². The number of aryl methyl sites for hydroxylation is 1. The average Bonchev–Trinajstić information content (AvgIpc) is 2.85. The minimum Gasteiger partial charge on any atom is -0.507 e. The number of furan rings is 1. The van der Waals surface area contributed by atoms with Crippen LogP contribution in [0, 0.1) is 6.92 Å². The molecule has 0 aliphatic rings. The number of rotatable bonds is 4. The Morgan fingerprint density at radius 3 is 2.64 bits per heavy atom. The van der Waals surface area contributed by atoms with Crippen molar-refractivity contribution in [2.24, 2.45) is 5.73 Å². The predicted octanol–water partition coefficient (Wildman–Crippen LogP) is 1.53. The number of hydrogen-bond acceptors (Lipinski definition) is 5. The minimum atomic E-state index is -1.14. The van der Waals surface area contributed by atoms with Crippen LogP contribution in [0.1, 0.15) is 21.6 Å². The van der Waals surface area contributed by atoms with E-state index in [-0.39, 0.29) is 33.6 Å². The molecule has 128 valence electrons. The molecule has 0 saturated carbocycles. The summed E-state index contributed by atoms with van der Waals surface area (Å²) in [7, 11) is 0. The summed E-state index contributed by atoms with van der Waals surface area (Å²) >= 11 is 0. The van der Waals surface area contributed by atoms with Gasteiger partial charge in [-0.1, -0.05) is 0 Å². The highest BCUT2D eigenvalue weighted by atomic mass is 16.4. The topological polar surface area (TPSA) is 147 Å². The van der Waals surface area contributed by atoms with Gasteiger partial charge in [0.05, 0.1) is 17.4 Å². The number of carbonyl (C=O) groups excluding carboxylic acids is 1. The molecule has 0 saturated heterocycles. The van der Waals surface area contributed by atoms with Crippen molar-refractivity contribution >= 4 is 22.8 Å². The SMILES string of the molecule is Cc1cc2oc(-c3ccc(O)c(C(N)=O)c3)c(CC(=O)O)c2c(=O)[nH]1. The lowest BCUT2D eigenvalue weighted by Gasteiger charge is -2.05. The first-order valence-electron chi connectivity index (χ1n) is 7.28. The number of hydrogen-bond donors (Lipinski definition) is 4. The highest BCUT2D eigenvalue weighted by Gasteiger charge is 2.22. The van der Waals surface area contributed by atoms with Crippen LogP contribution >= 0.6 is 0 Å². The summed E-state index contributed by atoms with van der Waals surface area (Å²) in [6.45, 7) is 1.67. The van der Waals surface area contributed by atoms with E-state index in [9.17, 15) is 24.6 Å². The molecule has 0 atom stereocenters. The number of carboxylic acid groups (broad SMARTS) is 1. The lowest BCUT2D eigenvalue weighted by molar-refractivity contribution is -0.136. The average molecular weight is 342 g/mol. The number of phenols is 1. The Morgan fingerprint density at radius 1 is 1.28 bits per heavy atom. The van der Waals surface area contributed by atoms with Crippen LogP contribution in [0.3, 0.4) is 0 Å². The number of H-pyrrole nitrogens is 1. The van der Waals surface area contributed by atoms with Crippen molar-refractivity contribution in [2.45, 2.75) is 13.3 Å². The Hall–Kier alpha value is -3.55. The second-order valence-electron chi connectivity index (χ2n) is 5.60. The van der Waals surface area contributed by atoms with Gasteiger partial charge in [0.2, 0.25) is 0 Å². The van der Waals surface area contributed by atoms with Gasteiger partial charge < -0.3 is 25.3 Å². The summed E-state index contributed by atoms with van der Waals surface area (Å²) in [5.74, 6) is -2.15. The third kappa shape index (κ3) is 2.85. The summed E-state index contributed by atoms with van der Waals surface area (Å²) in [5.41, 5.74) is 5.93. The molecule has 8 heteroatoms. The Kier molecular flexibility index (Phi) is 3.80. The van der Waals surface area contributed by atoms with Crippen LogP contribution < -0.4 is 11.3 Å². The maximum absolute atomic E-state index is 12.3. The van der Waals surface area contributed by atoms with Gasteiger partial charge in [-0.3, -0.25) is 14.4 Å². The van der Waals surface area contributed by atoms with Crippen LogP contribution in [0.15, 0.2) is 33.5 Å². The Labute approximate surface area is 140 Å². The molecule has 1 amide bonds. The van der Waals surface area contributed by atoms with Crippen LogP contribution in [-0.4, -0.2) is 27.1 Å². The number of pyridine rings is 1. The van der Waals surface area contributed by atoms with Crippen LogP contribution in [-0.2, 0) is 11.2 Å². The van der Waals surface area contributed by atoms with Gasteiger partial charge in [-0.15, -0.1) is 0 Å². The maximum atomic E-state index is 12.3. The largest absolute Gasteiger partial charge is 0.507 e. The summed E-state index contributed by atoms with van der Waals surface area (Å²) in [6.07, 6.45) is -0.443. The first kappa shape index (κ1) is 16.3. The van der Waals surface area contributed by atoms with Crippen LogP contribution in [0.5, 0.6) is 5.75 Å². The molecule has 0 fully saturated rings. The molecule has 2 aromatic heterocycles. The molecule has 0 aliphatic heterocycles. The predicted molar refractivity (Wildman–Crippen MR) is 88.5 cm³/mol. The monoisotopic (exact) mass is 342 g/mol. The summed E-state index contributed by atoms with van der Waals surface area (Å²) in [4.78, 5) is 37.5. The fourth-order valence-corrected chi connectivity index (χ4v) is 2.74. The molecular weight excluding hydrogens is 328 g/mol. The van der Waals surface area contributed by atoms with Crippen molar-refractivity contribution in [3.05, 3.63) is 51.4 Å². The number of aromatic nitrogens is 1. The normalized spacial score (nSPS) is 10.9. The van der Waals surface area contributed by atoms with E-state index in [1.54, 1.807) is 13.0 Å². The number of amides is 1. The zero-order chi connectivity index (χ0) is 18.3. The summed E-state index contributed by atoms with van der Waals surface area (Å²) in [6, 6.07) is 5.58. The van der Waals surface area contributed by atoms with Crippen molar-refractivity contribution in [1.29, 1.82) is 0 Å². The molecule has 0 spiro atoms. The molecule has 1 aromatic carbocycles. The molecule has 8 nitrogen and oxygen atoms in total. The van der Waals surface area contributed by atoms with E-state index in [2.05, 4.69) is 4.98 Å². The molecule has 3 rings (SSSR count). The van der Waals surface area contributed by atoms with Gasteiger partial charge in [-0.05, 0) is 25.1 Å². The standard InChI is InChI=1S/C17H14N2O6/c1-7-4-12-14(17(24)19-7)10(6-13(21)22)15(25-12)8-2-3-11(20)9(5-8)16(18)23/h2-5,20H,6H2,1H3,(H2,18,23)(H,19,24)(H,21,22). The third-order valence-electron chi connectivity index (χ3n) is 3.77. The zero-order valence-electron chi connectivity index (χ0n) is 13.1. The molecule has 3 aromatic rings. The van der Waals surface area contributed by atoms with E-state index in [1.807, 2.05) is 0 Å². The number of aliphatic carboxylic acids is 1. The number of benzene rings is 1. The lowest BCUT2D eigenvalue weighted by Crippen LogP contribution is -2.11. The number of aromatic amines is 1. The zero-order valence-corrected chi connectivity index (χ0v) is 13.1. The van der Waals surface area contributed by atoms with E-state index in [0.29, 0.717) is 11.3 Å². The lowest BCUT2D eigenvalue weighted by atomic mass is 10.0. The molecule has 0 unspecified atom stereocenters. The second-order valence-corrected chi connectivity index (χ2v) is 5.60. The minimum absolute atomic E-state index is 0.135. The van der Waals surface area contributed by atoms with E-state index in [4.69, 9.17) is 10.2 Å². The summed E-state index contributed by atoms with van der Waals surface area (Å²) in [5, 5.41) is 19.0. The number of primary amides is 1. The Morgan fingerprint density at radius 2 is 2.00 bits per heavy atom. The molecule has 0 aliphatic carbocycles. The van der Waals surface area contributed by atoms with Crippen molar-refractivity contribution in [1.82, 2.24) is 4.98 Å². The van der Waals surface area contributed by atoms with Crippen molar-refractivity contribution in [3.63, 3.8) is 0 Å². The number of carboxylic acids is 1. The van der Waals surface area contributed by atoms with E-state index >= 15 is 0 Å². The Bertz CT molecular complexity index is 1080.